The van der Waals surface area contributed by atoms with Crippen molar-refractivity contribution in [1.29, 1.82) is 0 Å². The number of hydrogen-bond acceptors (Lipinski definition) is 2. The van der Waals surface area contributed by atoms with Crippen LogP contribution in [0.15, 0.2) is 17.1 Å². The van der Waals surface area contributed by atoms with E-state index in [9.17, 15) is 0 Å². The molecule has 0 radical (unpaired) electrons. The molecule has 1 aromatic carbocycles. The molecule has 7 nitrogen and oxygen atoms in total. The van der Waals surface area contributed by atoms with Crippen molar-refractivity contribution in [2.45, 2.75) is 27.0 Å². The quantitative estimate of drug-likeness (QED) is 0.567. The van der Waals surface area contributed by atoms with E-state index >= 15 is 0 Å². The summed E-state index contributed by atoms with van der Waals surface area (Å²) in [7, 11) is 0. The summed E-state index contributed by atoms with van der Waals surface area (Å²) in [5, 5.41) is 0. The van der Waals surface area contributed by atoms with Crippen LogP contribution in [0.3, 0.4) is 0 Å². The first-order chi connectivity index (χ1) is 11.7. The van der Waals surface area contributed by atoms with Gasteiger partial charge >= 0.3 is 56.5 Å². The third-order valence-corrected chi connectivity index (χ3v) is 2.63. The Balaban J connectivity index is -0.000000105. The fourth-order valence-electron chi connectivity index (χ4n) is 1.85. The first-order valence-electron chi connectivity index (χ1n) is 6.01. The Morgan fingerprint density at radius 2 is 1.28 bits per heavy atom. The standard InChI is InChI=1S/C12H15NO.5CO.Cr/c1-4-14-12-11-9(3)6-5-8(2)10(11)7-13-12;5*1-2;/h5-7,12H,4H2,1-3H3;;;;;;. The first-order valence-corrected chi connectivity index (χ1v) is 6.01. The number of rotatable bonds is 2. The number of fused-ring (bicyclic) bond motifs is 1. The minimum Gasteiger partial charge on any atom is 0 e. The third kappa shape index (κ3) is 12.1. The maximum atomic E-state index is 7.50. The van der Waals surface area contributed by atoms with Crippen molar-refractivity contribution < 1.29 is 45.4 Å². The van der Waals surface area contributed by atoms with E-state index in [1.54, 1.807) is 0 Å². The van der Waals surface area contributed by atoms with Crippen molar-refractivity contribution in [2.75, 3.05) is 6.61 Å². The van der Waals surface area contributed by atoms with Crippen molar-refractivity contribution in [2.24, 2.45) is 4.99 Å². The molecule has 0 bridgehead atoms. The molecule has 1 aliphatic rings. The molecule has 1 aliphatic heterocycles. The molecule has 0 saturated heterocycles. The maximum Gasteiger partial charge on any atom is 0 e. The van der Waals surface area contributed by atoms with E-state index in [0.29, 0.717) is 6.61 Å². The van der Waals surface area contributed by atoms with Crippen molar-refractivity contribution in [3.05, 3.63) is 67.6 Å². The largest absolute Gasteiger partial charge is 0 e. The summed E-state index contributed by atoms with van der Waals surface area (Å²) in [6, 6.07) is 4.27. The van der Waals surface area contributed by atoms with Gasteiger partial charge < -0.3 is 4.74 Å². The van der Waals surface area contributed by atoms with Gasteiger partial charge in [-0.3, -0.25) is 4.99 Å². The fourth-order valence-corrected chi connectivity index (χ4v) is 1.85. The maximum absolute atomic E-state index is 7.50. The Labute approximate surface area is 158 Å². The summed E-state index contributed by atoms with van der Waals surface area (Å²) in [5.74, 6) is 0. The number of aryl methyl sites for hydroxylation is 2. The molecule has 25 heavy (non-hydrogen) atoms. The zero-order chi connectivity index (χ0) is 20.1. The average Bonchev–Trinajstić information content (AvgIpc) is 3.12. The summed E-state index contributed by atoms with van der Waals surface area (Å²) in [5.41, 5.74) is 5.02. The molecule has 0 aliphatic carbocycles. The van der Waals surface area contributed by atoms with Gasteiger partial charge in [-0.05, 0) is 31.9 Å². The molecule has 1 aromatic rings. The van der Waals surface area contributed by atoms with E-state index < -0.39 is 0 Å². The summed E-state index contributed by atoms with van der Waals surface area (Å²) >= 11 is 0. The van der Waals surface area contributed by atoms with Crippen LogP contribution in [0.4, 0.5) is 0 Å². The Hall–Kier alpha value is -1.92. The number of benzene rings is 1. The van der Waals surface area contributed by atoms with E-state index in [1.807, 2.05) is 13.1 Å². The Kier molecular flexibility index (Phi) is 37.1. The molecule has 0 aromatic heterocycles. The summed E-state index contributed by atoms with van der Waals surface area (Å²) < 4.78 is 43.1. The van der Waals surface area contributed by atoms with Crippen molar-refractivity contribution in [3.63, 3.8) is 0 Å². The molecular weight excluding hydrogens is 366 g/mol. The van der Waals surface area contributed by atoms with Gasteiger partial charge in [-0.15, -0.1) is 0 Å². The number of aliphatic imine (C=N–C) groups is 1. The molecule has 1 atom stereocenters. The van der Waals surface area contributed by atoms with Gasteiger partial charge in [-0.2, -0.15) is 0 Å². The molecule has 1 unspecified atom stereocenters. The molecule has 0 N–H and O–H groups in total. The van der Waals surface area contributed by atoms with Crippen molar-refractivity contribution >= 4 is 6.21 Å². The monoisotopic (exact) mass is 381 g/mol. The van der Waals surface area contributed by atoms with Gasteiger partial charge in [0, 0.05) is 41.3 Å². The SMILES string of the molecule is CCOC1N=Cc2c(C)ccc(C)c21.[C-]#[O+].[C-]#[O+].[C-]#[O+].[C-]#[O+].[C-]#[O+].[Cr]. The van der Waals surface area contributed by atoms with Gasteiger partial charge in [0.15, 0.2) is 6.23 Å². The second-order valence-electron chi connectivity index (χ2n) is 3.61. The van der Waals surface area contributed by atoms with E-state index in [1.165, 1.54) is 22.3 Å². The van der Waals surface area contributed by atoms with Crippen LogP contribution in [0.1, 0.15) is 35.4 Å². The molecule has 130 valence electrons. The van der Waals surface area contributed by atoms with Gasteiger partial charge in [0.1, 0.15) is 0 Å². The Morgan fingerprint density at radius 3 is 1.68 bits per heavy atom. The van der Waals surface area contributed by atoms with Crippen LogP contribution < -0.4 is 0 Å². The minimum atomic E-state index is -0.0742. The van der Waals surface area contributed by atoms with E-state index in [-0.39, 0.29) is 23.6 Å². The molecular formula is C17H15CrNO6. The molecule has 2 rings (SSSR count). The van der Waals surface area contributed by atoms with Crippen LogP contribution in [0.2, 0.25) is 0 Å². The third-order valence-electron chi connectivity index (χ3n) is 2.63. The topological polar surface area (TPSA) is 121 Å². The number of ether oxygens (including phenoxy) is 1. The van der Waals surface area contributed by atoms with Crippen molar-refractivity contribution in [3.8, 4) is 0 Å². The van der Waals surface area contributed by atoms with E-state index in [4.69, 9.17) is 28.0 Å². The summed E-state index contributed by atoms with van der Waals surface area (Å²) in [4.78, 5) is 4.37. The van der Waals surface area contributed by atoms with Crippen LogP contribution in [-0.4, -0.2) is 12.8 Å². The van der Waals surface area contributed by atoms with Gasteiger partial charge in [-0.25, -0.2) is 0 Å². The van der Waals surface area contributed by atoms with Crippen LogP contribution >= 0.6 is 0 Å². The average molecular weight is 381 g/mol. The minimum absolute atomic E-state index is 0. The predicted molar refractivity (Wildman–Crippen MR) is 77.5 cm³/mol. The van der Waals surface area contributed by atoms with Crippen LogP contribution in [-0.2, 0) is 45.4 Å². The molecule has 1 heterocycles. The molecule has 0 saturated carbocycles. The van der Waals surface area contributed by atoms with Gasteiger partial charge in [-0.1, -0.05) is 12.1 Å². The molecule has 0 fully saturated rings. The van der Waals surface area contributed by atoms with Crippen LogP contribution in [0, 0.1) is 47.1 Å². The van der Waals surface area contributed by atoms with Crippen molar-refractivity contribution in [1.82, 2.24) is 0 Å². The zero-order valence-electron chi connectivity index (χ0n) is 13.8. The molecule has 0 spiro atoms. The first kappa shape index (κ1) is 34.4. The molecule has 8 heteroatoms. The van der Waals surface area contributed by atoms with Crippen LogP contribution in [0.5, 0.6) is 0 Å². The summed E-state index contributed by atoms with van der Waals surface area (Å²) in [6.07, 6.45) is 1.85. The van der Waals surface area contributed by atoms with E-state index in [2.05, 4.69) is 64.2 Å². The van der Waals surface area contributed by atoms with Gasteiger partial charge in [0.05, 0.1) is 0 Å². The second kappa shape index (κ2) is 27.0. The van der Waals surface area contributed by atoms with E-state index in [0.717, 1.165) is 0 Å². The second-order valence-corrected chi connectivity index (χ2v) is 3.61. The summed E-state index contributed by atoms with van der Waals surface area (Å²) in [6.45, 7) is 29.4. The zero-order valence-corrected chi connectivity index (χ0v) is 15.1. The Bertz CT molecular complexity index is 552. The fraction of sp³-hybridized carbons (Fsp3) is 0.294. The molecule has 0 amide bonds. The van der Waals surface area contributed by atoms with Crippen LogP contribution in [0.25, 0.3) is 0 Å². The number of nitrogens with zero attached hydrogens (tertiary/aromatic N) is 1. The van der Waals surface area contributed by atoms with Gasteiger partial charge in [0.2, 0.25) is 0 Å². The number of hydrogen-bond donors (Lipinski definition) is 0. The van der Waals surface area contributed by atoms with Gasteiger partial charge in [0.25, 0.3) is 0 Å². The predicted octanol–water partition coefficient (Wildman–Crippen LogP) is 2.58. The normalized spacial score (nSPS) is 10.8. The Morgan fingerprint density at radius 1 is 0.880 bits per heavy atom. The smallest absolute Gasteiger partial charge is 0 e.